The molecular weight excluding hydrogens is 398 g/mol. The monoisotopic (exact) mass is 423 g/mol. The Morgan fingerprint density at radius 1 is 1.14 bits per heavy atom. The van der Waals surface area contributed by atoms with Gasteiger partial charge in [-0.1, -0.05) is 31.2 Å². The van der Waals surface area contributed by atoms with E-state index in [4.69, 9.17) is 0 Å². The van der Waals surface area contributed by atoms with Gasteiger partial charge in [0.05, 0.1) is 10.6 Å². The first-order chi connectivity index (χ1) is 12.9. The molecule has 0 spiro atoms. The van der Waals surface area contributed by atoms with Crippen LogP contribution in [-0.2, 0) is 10.0 Å². The van der Waals surface area contributed by atoms with Gasteiger partial charge in [-0.25, -0.2) is 8.42 Å². The molecule has 1 fully saturated rings. The van der Waals surface area contributed by atoms with Gasteiger partial charge in [-0.05, 0) is 49.2 Å². The third-order valence-corrected chi connectivity index (χ3v) is 6.80. The Morgan fingerprint density at radius 2 is 1.86 bits per heavy atom. The summed E-state index contributed by atoms with van der Waals surface area (Å²) >= 11 is 0. The van der Waals surface area contributed by atoms with Gasteiger partial charge in [0.25, 0.3) is 15.9 Å². The highest BCUT2D eigenvalue weighted by Crippen LogP contribution is 2.22. The van der Waals surface area contributed by atoms with E-state index in [0.717, 1.165) is 19.5 Å². The van der Waals surface area contributed by atoms with E-state index in [2.05, 4.69) is 17.6 Å². The Balaban J connectivity index is 0.00000280. The fourth-order valence-electron chi connectivity index (χ4n) is 3.17. The van der Waals surface area contributed by atoms with E-state index in [1.807, 2.05) is 6.07 Å². The molecule has 0 aliphatic carbocycles. The Morgan fingerprint density at radius 3 is 2.54 bits per heavy atom. The molecule has 1 aliphatic heterocycles. The number of carbonyl (C=O) groups excluding carboxylic acids is 1. The summed E-state index contributed by atoms with van der Waals surface area (Å²) in [5.74, 6) is 0.126. The summed E-state index contributed by atoms with van der Waals surface area (Å²) in [5.41, 5.74) is 0.907. The number of nitrogens with one attached hydrogen (secondary N) is 2. The topological polar surface area (TPSA) is 78.5 Å². The molecule has 0 radical (unpaired) electrons. The molecule has 0 aromatic heterocycles. The van der Waals surface area contributed by atoms with Crippen molar-refractivity contribution in [3.8, 4) is 0 Å². The molecular formula is C20H26ClN3O3S. The van der Waals surface area contributed by atoms with Crippen molar-refractivity contribution >= 4 is 34.0 Å². The second-order valence-corrected chi connectivity index (χ2v) is 8.86. The maximum absolute atomic E-state index is 12.9. The molecule has 8 heteroatoms. The second-order valence-electron chi connectivity index (χ2n) is 6.89. The van der Waals surface area contributed by atoms with Gasteiger partial charge >= 0.3 is 0 Å². The van der Waals surface area contributed by atoms with Gasteiger partial charge in [0, 0.05) is 25.2 Å². The number of rotatable bonds is 5. The van der Waals surface area contributed by atoms with E-state index in [-0.39, 0.29) is 29.3 Å². The molecule has 3 rings (SSSR count). The number of anilines is 1. The van der Waals surface area contributed by atoms with Crippen molar-refractivity contribution in [3.05, 3.63) is 60.2 Å². The van der Waals surface area contributed by atoms with Gasteiger partial charge in [-0.15, -0.1) is 12.4 Å². The van der Waals surface area contributed by atoms with Crippen molar-refractivity contribution in [2.45, 2.75) is 24.3 Å². The molecule has 2 aromatic rings. The van der Waals surface area contributed by atoms with Gasteiger partial charge in [0.15, 0.2) is 0 Å². The van der Waals surface area contributed by atoms with Crippen molar-refractivity contribution < 1.29 is 13.2 Å². The standard InChI is InChI=1S/C20H25N3O3S.ClH/c1-15-11-12-21-14-19(15)22-20(24)16-7-6-10-18(13-16)27(25,26)23(2)17-8-4-3-5-9-17;/h3-10,13,15,19,21H,11-12,14H2,1-2H3,(H,22,24);1H. The van der Waals surface area contributed by atoms with Gasteiger partial charge in [-0.3, -0.25) is 9.10 Å². The third-order valence-electron chi connectivity index (χ3n) is 5.02. The highest BCUT2D eigenvalue weighted by Gasteiger charge is 2.25. The van der Waals surface area contributed by atoms with Crippen LogP contribution >= 0.6 is 12.4 Å². The van der Waals surface area contributed by atoms with Crippen LogP contribution in [-0.4, -0.2) is 40.5 Å². The van der Waals surface area contributed by atoms with Gasteiger partial charge < -0.3 is 10.6 Å². The number of amides is 1. The van der Waals surface area contributed by atoms with Crippen molar-refractivity contribution in [2.24, 2.45) is 5.92 Å². The lowest BCUT2D eigenvalue weighted by Gasteiger charge is -2.30. The molecule has 6 nitrogen and oxygen atoms in total. The first-order valence-electron chi connectivity index (χ1n) is 9.05. The Hall–Kier alpha value is -2.09. The molecule has 2 unspecified atom stereocenters. The average Bonchev–Trinajstić information content (AvgIpc) is 2.70. The van der Waals surface area contributed by atoms with E-state index in [0.29, 0.717) is 17.2 Å². The second kappa shape index (κ2) is 9.41. The molecule has 0 saturated carbocycles. The minimum atomic E-state index is -3.75. The summed E-state index contributed by atoms with van der Waals surface area (Å²) in [6.07, 6.45) is 1.00. The molecule has 1 heterocycles. The molecule has 0 bridgehead atoms. The van der Waals surface area contributed by atoms with E-state index in [1.165, 1.54) is 23.5 Å². The minimum absolute atomic E-state index is 0. The van der Waals surface area contributed by atoms with Crippen LogP contribution in [0.1, 0.15) is 23.7 Å². The average molecular weight is 424 g/mol. The number of benzene rings is 2. The minimum Gasteiger partial charge on any atom is -0.348 e. The molecule has 1 amide bonds. The molecule has 2 N–H and O–H groups in total. The number of hydrogen-bond donors (Lipinski definition) is 2. The lowest BCUT2D eigenvalue weighted by molar-refractivity contribution is 0.0915. The van der Waals surface area contributed by atoms with E-state index in [1.54, 1.807) is 36.4 Å². The van der Waals surface area contributed by atoms with E-state index in [9.17, 15) is 13.2 Å². The zero-order valence-electron chi connectivity index (χ0n) is 16.0. The van der Waals surface area contributed by atoms with Crippen molar-refractivity contribution in [1.82, 2.24) is 10.6 Å². The van der Waals surface area contributed by atoms with Gasteiger partial charge in [0.1, 0.15) is 0 Å². The number of para-hydroxylation sites is 1. The Labute approximate surface area is 172 Å². The predicted molar refractivity (Wildman–Crippen MR) is 114 cm³/mol. The van der Waals surface area contributed by atoms with Gasteiger partial charge in [-0.2, -0.15) is 0 Å². The Bertz CT molecular complexity index is 906. The zero-order valence-corrected chi connectivity index (χ0v) is 17.6. The van der Waals surface area contributed by atoms with Gasteiger partial charge in [0.2, 0.25) is 0 Å². The van der Waals surface area contributed by atoms with Crippen LogP contribution in [0.4, 0.5) is 5.69 Å². The number of hydrogen-bond acceptors (Lipinski definition) is 4. The fourth-order valence-corrected chi connectivity index (χ4v) is 4.41. The molecule has 1 aliphatic rings. The molecule has 2 aromatic carbocycles. The number of sulfonamides is 1. The molecule has 2 atom stereocenters. The quantitative estimate of drug-likeness (QED) is 0.774. The first kappa shape index (κ1) is 22.2. The van der Waals surface area contributed by atoms with Crippen molar-refractivity contribution in [3.63, 3.8) is 0 Å². The first-order valence-corrected chi connectivity index (χ1v) is 10.5. The van der Waals surface area contributed by atoms with E-state index >= 15 is 0 Å². The van der Waals surface area contributed by atoms with Crippen LogP contribution in [0.15, 0.2) is 59.5 Å². The van der Waals surface area contributed by atoms with Crippen molar-refractivity contribution in [1.29, 1.82) is 0 Å². The zero-order chi connectivity index (χ0) is 19.4. The summed E-state index contributed by atoms with van der Waals surface area (Å²) in [4.78, 5) is 12.7. The maximum atomic E-state index is 12.9. The Kier molecular flexibility index (Phi) is 7.46. The third kappa shape index (κ3) is 4.84. The fraction of sp³-hybridized carbons (Fsp3) is 0.350. The molecule has 28 heavy (non-hydrogen) atoms. The maximum Gasteiger partial charge on any atom is 0.264 e. The highest BCUT2D eigenvalue weighted by molar-refractivity contribution is 7.92. The number of halogens is 1. The summed E-state index contributed by atoms with van der Waals surface area (Å²) < 4.78 is 27.1. The summed E-state index contributed by atoms with van der Waals surface area (Å²) in [6, 6.07) is 15.1. The number of carbonyl (C=O) groups is 1. The van der Waals surface area contributed by atoms with E-state index < -0.39 is 10.0 Å². The number of piperidine rings is 1. The van der Waals surface area contributed by atoms with Crippen LogP contribution in [0.5, 0.6) is 0 Å². The number of nitrogens with zero attached hydrogens (tertiary/aromatic N) is 1. The van der Waals surface area contributed by atoms with Crippen LogP contribution in [0.2, 0.25) is 0 Å². The molecule has 152 valence electrons. The largest absolute Gasteiger partial charge is 0.348 e. The van der Waals surface area contributed by atoms with Crippen LogP contribution < -0.4 is 14.9 Å². The highest BCUT2D eigenvalue weighted by atomic mass is 35.5. The summed E-state index contributed by atoms with van der Waals surface area (Å²) in [5, 5.41) is 6.29. The normalized spacial score (nSPS) is 19.4. The van der Waals surface area contributed by atoms with Crippen LogP contribution in [0, 0.1) is 5.92 Å². The van der Waals surface area contributed by atoms with Crippen LogP contribution in [0.25, 0.3) is 0 Å². The summed E-state index contributed by atoms with van der Waals surface area (Å²) in [7, 11) is -2.24. The summed E-state index contributed by atoms with van der Waals surface area (Å²) in [6.45, 7) is 3.79. The van der Waals surface area contributed by atoms with Crippen molar-refractivity contribution in [2.75, 3.05) is 24.4 Å². The lowest BCUT2D eigenvalue weighted by Crippen LogP contribution is -2.50. The molecule has 1 saturated heterocycles. The lowest BCUT2D eigenvalue weighted by atomic mass is 9.94. The van der Waals surface area contributed by atoms with Crippen LogP contribution in [0.3, 0.4) is 0 Å². The predicted octanol–water partition coefficient (Wildman–Crippen LogP) is 2.66. The SMILES string of the molecule is CC1CCNCC1NC(=O)c1cccc(S(=O)(=O)N(C)c2ccccc2)c1.Cl. The smallest absolute Gasteiger partial charge is 0.264 e.